The Kier molecular flexibility index (Phi) is 4.73. The molecule has 2 aliphatic heterocycles. The van der Waals surface area contributed by atoms with Crippen LogP contribution in [0.5, 0.6) is 11.6 Å². The van der Waals surface area contributed by atoms with E-state index in [1.165, 1.54) is 36.5 Å². The van der Waals surface area contributed by atoms with Gasteiger partial charge in [-0.15, -0.1) is 0 Å². The molecule has 2 aliphatic rings. The first-order valence-electron chi connectivity index (χ1n) is 9.63. The van der Waals surface area contributed by atoms with Gasteiger partial charge in [-0.2, -0.15) is 13.2 Å². The molecule has 31 heavy (non-hydrogen) atoms. The summed E-state index contributed by atoms with van der Waals surface area (Å²) in [5.74, 6) is -0.129. The Morgan fingerprint density at radius 3 is 2.55 bits per heavy atom. The monoisotopic (exact) mass is 435 g/mol. The van der Waals surface area contributed by atoms with Crippen molar-refractivity contribution in [1.82, 2.24) is 10.3 Å². The van der Waals surface area contributed by atoms with Gasteiger partial charge in [0.05, 0.1) is 18.5 Å². The molecule has 2 atom stereocenters. The smallest absolute Gasteiger partial charge is 0.421 e. The summed E-state index contributed by atoms with van der Waals surface area (Å²) in [6.07, 6.45) is -2.85. The van der Waals surface area contributed by atoms with Crippen molar-refractivity contribution in [1.29, 1.82) is 0 Å². The van der Waals surface area contributed by atoms with Crippen molar-refractivity contribution < 1.29 is 32.2 Å². The first-order valence-corrected chi connectivity index (χ1v) is 9.63. The second-order valence-corrected chi connectivity index (χ2v) is 7.85. The molecule has 2 aromatic rings. The fourth-order valence-corrected chi connectivity index (χ4v) is 3.57. The third-order valence-corrected chi connectivity index (χ3v) is 5.82. The van der Waals surface area contributed by atoms with Gasteiger partial charge in [0.25, 0.3) is 5.91 Å². The van der Waals surface area contributed by atoms with E-state index in [0.29, 0.717) is 12.0 Å². The maximum Gasteiger partial charge on any atom is 0.421 e. The lowest BCUT2D eigenvalue weighted by Crippen LogP contribution is -2.43. The number of imide groups is 1. The number of hydrogen-bond donors (Lipinski definition) is 1. The number of fused-ring (bicyclic) bond motifs is 1. The summed E-state index contributed by atoms with van der Waals surface area (Å²) >= 11 is 0. The summed E-state index contributed by atoms with van der Waals surface area (Å²) in [4.78, 5) is 29.9. The predicted octanol–water partition coefficient (Wildman–Crippen LogP) is 4.41. The average molecular weight is 435 g/mol. The minimum Gasteiger partial charge on any atom is -0.439 e. The van der Waals surface area contributed by atoms with Gasteiger partial charge in [-0.1, -0.05) is 13.0 Å². The summed E-state index contributed by atoms with van der Waals surface area (Å²) in [5, 5.41) is 2.65. The van der Waals surface area contributed by atoms with Gasteiger partial charge in [-0.05, 0) is 44.0 Å². The minimum absolute atomic E-state index is 0.00712. The molecular weight excluding hydrogens is 415 g/mol. The fraction of sp³-hybridized carbons (Fsp3) is 0.381. The van der Waals surface area contributed by atoms with Crippen LogP contribution in [0, 0.1) is 0 Å². The molecule has 3 amide bonds. The maximum absolute atomic E-state index is 13.5. The molecule has 164 valence electrons. The number of anilines is 1. The highest BCUT2D eigenvalue weighted by Gasteiger charge is 2.57. The molecule has 0 aliphatic carbocycles. The van der Waals surface area contributed by atoms with E-state index in [1.54, 1.807) is 13.8 Å². The van der Waals surface area contributed by atoms with Crippen LogP contribution < -0.4 is 15.0 Å². The van der Waals surface area contributed by atoms with Crippen LogP contribution in [0.2, 0.25) is 0 Å². The van der Waals surface area contributed by atoms with E-state index in [2.05, 4.69) is 10.3 Å². The quantitative estimate of drug-likeness (QED) is 0.720. The highest BCUT2D eigenvalue weighted by molar-refractivity contribution is 6.23. The number of amides is 3. The van der Waals surface area contributed by atoms with Crippen molar-refractivity contribution >= 4 is 17.6 Å². The summed E-state index contributed by atoms with van der Waals surface area (Å²) in [7, 11) is 0. The van der Waals surface area contributed by atoms with E-state index >= 15 is 0 Å². The van der Waals surface area contributed by atoms with Crippen LogP contribution in [0.4, 0.5) is 23.7 Å². The van der Waals surface area contributed by atoms with Gasteiger partial charge in [0.15, 0.2) is 5.60 Å². The zero-order chi connectivity index (χ0) is 22.6. The van der Waals surface area contributed by atoms with E-state index in [1.807, 2.05) is 0 Å². The highest BCUT2D eigenvalue weighted by Crippen LogP contribution is 2.48. The Morgan fingerprint density at radius 1 is 1.23 bits per heavy atom. The zero-order valence-corrected chi connectivity index (χ0v) is 17.0. The maximum atomic E-state index is 13.5. The molecule has 3 heterocycles. The van der Waals surface area contributed by atoms with Gasteiger partial charge in [-0.3, -0.25) is 4.79 Å². The van der Waals surface area contributed by atoms with Gasteiger partial charge < -0.3 is 14.8 Å². The van der Waals surface area contributed by atoms with E-state index in [9.17, 15) is 22.8 Å². The second-order valence-electron chi connectivity index (χ2n) is 7.85. The van der Waals surface area contributed by atoms with Gasteiger partial charge >= 0.3 is 12.2 Å². The van der Waals surface area contributed by atoms with Crippen LogP contribution in [-0.2, 0) is 21.7 Å². The number of alkyl halides is 3. The number of hydrogen-bond acceptors (Lipinski definition) is 5. The number of nitrogens with zero attached hydrogens (tertiary/aromatic N) is 2. The predicted molar refractivity (Wildman–Crippen MR) is 104 cm³/mol. The molecule has 7 nitrogen and oxygen atoms in total. The Balaban J connectivity index is 1.56. The number of rotatable bonds is 4. The minimum atomic E-state index is -4.58. The lowest BCUT2D eigenvalue weighted by molar-refractivity contribution is -0.272. The van der Waals surface area contributed by atoms with Crippen molar-refractivity contribution in [3.63, 3.8) is 0 Å². The lowest BCUT2D eigenvalue weighted by atomic mass is 9.93. The number of nitrogens with one attached hydrogen (secondary N) is 1. The largest absolute Gasteiger partial charge is 0.439 e. The number of benzene rings is 1. The lowest BCUT2D eigenvalue weighted by Gasteiger charge is -2.27. The van der Waals surface area contributed by atoms with Crippen molar-refractivity contribution in [2.75, 3.05) is 4.90 Å². The SMILES string of the molecule is CC[C@@]1(C)NC(=O)N(c2ccc(Oc3ccc4c(c3)[C@@](C)(C(F)(F)F)OC4)nc2)C1=O. The van der Waals surface area contributed by atoms with E-state index in [4.69, 9.17) is 9.47 Å². The molecule has 1 saturated heterocycles. The number of pyridine rings is 1. The summed E-state index contributed by atoms with van der Waals surface area (Å²) in [5.41, 5.74) is -2.70. The van der Waals surface area contributed by atoms with Crippen LogP contribution in [0.1, 0.15) is 38.3 Å². The summed E-state index contributed by atoms with van der Waals surface area (Å²) < 4.78 is 51.1. The molecule has 0 bridgehead atoms. The number of urea groups is 1. The van der Waals surface area contributed by atoms with E-state index in [0.717, 1.165) is 11.8 Å². The molecule has 10 heteroatoms. The van der Waals surface area contributed by atoms with E-state index in [-0.39, 0.29) is 35.4 Å². The normalized spacial score (nSPS) is 25.5. The highest BCUT2D eigenvalue weighted by atomic mass is 19.4. The first kappa shape index (κ1) is 21.1. The van der Waals surface area contributed by atoms with E-state index < -0.39 is 23.3 Å². The Hall–Kier alpha value is -3.14. The van der Waals surface area contributed by atoms with Crippen molar-refractivity contribution in [3.8, 4) is 11.6 Å². The van der Waals surface area contributed by atoms with Gasteiger partial charge in [-0.25, -0.2) is 14.7 Å². The third kappa shape index (κ3) is 3.31. The molecule has 0 saturated carbocycles. The van der Waals surface area contributed by atoms with Crippen LogP contribution in [0.25, 0.3) is 0 Å². The molecule has 1 fully saturated rings. The van der Waals surface area contributed by atoms with Crippen LogP contribution in [-0.4, -0.2) is 28.6 Å². The average Bonchev–Trinajstić information content (AvgIpc) is 3.17. The standard InChI is InChI=1S/C21H20F3N3O4/c1-4-19(2)17(28)27(18(29)26-19)13-6-8-16(25-10-13)31-14-7-5-12-11-30-20(3,15(12)9-14)21(22,23)24/h5-10H,4,11H2,1-3H3,(H,26,29)/t19-,20+/m1/s1. The van der Waals surface area contributed by atoms with Crippen LogP contribution in [0.15, 0.2) is 36.5 Å². The Morgan fingerprint density at radius 2 is 1.97 bits per heavy atom. The number of aromatic nitrogens is 1. The van der Waals surface area contributed by atoms with Gasteiger partial charge in [0, 0.05) is 11.6 Å². The van der Waals surface area contributed by atoms with Crippen LogP contribution in [0.3, 0.4) is 0 Å². The van der Waals surface area contributed by atoms with Crippen molar-refractivity contribution in [2.24, 2.45) is 0 Å². The third-order valence-electron chi connectivity index (χ3n) is 5.82. The number of halogens is 3. The van der Waals surface area contributed by atoms with Crippen molar-refractivity contribution in [3.05, 3.63) is 47.7 Å². The number of carbonyl (C=O) groups excluding carboxylic acids is 2. The molecule has 1 aromatic heterocycles. The molecule has 1 aromatic carbocycles. The van der Waals surface area contributed by atoms with Crippen LogP contribution >= 0.6 is 0 Å². The number of ether oxygens (including phenoxy) is 2. The molecule has 0 unspecified atom stereocenters. The van der Waals surface area contributed by atoms with Gasteiger partial charge in [0.2, 0.25) is 5.88 Å². The molecule has 0 radical (unpaired) electrons. The zero-order valence-electron chi connectivity index (χ0n) is 17.0. The fourth-order valence-electron chi connectivity index (χ4n) is 3.57. The molecule has 1 N–H and O–H groups in total. The number of carbonyl (C=O) groups is 2. The molecule has 0 spiro atoms. The summed E-state index contributed by atoms with van der Waals surface area (Å²) in [6, 6.07) is 6.71. The van der Waals surface area contributed by atoms with Crippen molar-refractivity contribution in [2.45, 2.75) is 51.1 Å². The first-order chi connectivity index (χ1) is 14.5. The van der Waals surface area contributed by atoms with Gasteiger partial charge in [0.1, 0.15) is 11.3 Å². The Labute approximate surface area is 176 Å². The summed E-state index contributed by atoms with van der Waals surface area (Å²) in [6.45, 7) is 4.28. The Bertz CT molecular complexity index is 1060. The topological polar surface area (TPSA) is 80.8 Å². The molecular formula is C21H20F3N3O4. The second kappa shape index (κ2) is 6.94. The molecule has 4 rings (SSSR count).